The molecule has 0 rings (SSSR count). The van der Waals surface area contributed by atoms with Gasteiger partial charge in [0.1, 0.15) is 17.7 Å². The minimum Gasteiger partial charge on any atom is -0.480 e. The first-order valence-electron chi connectivity index (χ1n) is 6.88. The zero-order valence-electron chi connectivity index (χ0n) is 13.3. The molecule has 0 aromatic heterocycles. The lowest BCUT2D eigenvalue weighted by molar-refractivity contribution is -0.142. The van der Waals surface area contributed by atoms with E-state index in [2.05, 4.69) is 10.6 Å². The largest absolute Gasteiger partial charge is 0.480 e. The first-order chi connectivity index (χ1) is 10.5. The first-order valence-corrected chi connectivity index (χ1v) is 6.88. The lowest BCUT2D eigenvalue weighted by Gasteiger charge is -2.23. The molecule has 0 saturated heterocycles. The Morgan fingerprint density at radius 3 is 2.09 bits per heavy atom. The van der Waals surface area contributed by atoms with Crippen molar-refractivity contribution in [2.75, 3.05) is 6.61 Å². The third-order valence-electron chi connectivity index (χ3n) is 2.48. The van der Waals surface area contributed by atoms with E-state index in [9.17, 15) is 19.2 Å². The van der Waals surface area contributed by atoms with Gasteiger partial charge < -0.3 is 31.3 Å². The second kappa shape index (κ2) is 8.93. The fraction of sp³-hybridized carbons (Fsp3) is 0.692. The van der Waals surface area contributed by atoms with Crippen molar-refractivity contribution in [1.82, 2.24) is 10.6 Å². The van der Waals surface area contributed by atoms with Crippen LogP contribution in [-0.4, -0.2) is 58.4 Å². The summed E-state index contributed by atoms with van der Waals surface area (Å²) in [5, 5.41) is 22.4. The molecule has 3 amide bonds. The Balaban J connectivity index is 4.70. The van der Waals surface area contributed by atoms with Crippen molar-refractivity contribution in [3.63, 3.8) is 0 Å². The SMILES string of the molecule is CC(C)(C)OC(=O)N[C@@H](CO)C(=O)N[C@@H](CCC(N)=O)C(=O)O. The summed E-state index contributed by atoms with van der Waals surface area (Å²) in [4.78, 5) is 45.2. The molecule has 132 valence electrons. The highest BCUT2D eigenvalue weighted by atomic mass is 16.6. The number of hydrogen-bond acceptors (Lipinski definition) is 6. The van der Waals surface area contributed by atoms with E-state index < -0.39 is 48.2 Å². The summed E-state index contributed by atoms with van der Waals surface area (Å²) < 4.78 is 4.93. The van der Waals surface area contributed by atoms with Crippen LogP contribution in [0.1, 0.15) is 33.6 Å². The molecule has 0 fully saturated rings. The normalized spacial score (nSPS) is 13.6. The van der Waals surface area contributed by atoms with Crippen LogP contribution in [0.3, 0.4) is 0 Å². The van der Waals surface area contributed by atoms with Gasteiger partial charge in [0.05, 0.1) is 6.61 Å². The van der Waals surface area contributed by atoms with Crippen molar-refractivity contribution in [2.24, 2.45) is 5.73 Å². The number of carbonyl (C=O) groups excluding carboxylic acids is 3. The van der Waals surface area contributed by atoms with E-state index >= 15 is 0 Å². The lowest BCUT2D eigenvalue weighted by atomic mass is 10.1. The van der Waals surface area contributed by atoms with Crippen LogP contribution < -0.4 is 16.4 Å². The van der Waals surface area contributed by atoms with Crippen molar-refractivity contribution < 1.29 is 34.1 Å². The van der Waals surface area contributed by atoms with E-state index in [1.807, 2.05) is 0 Å². The summed E-state index contributed by atoms with van der Waals surface area (Å²) in [6.45, 7) is 4.09. The van der Waals surface area contributed by atoms with Crippen LogP contribution in [0, 0.1) is 0 Å². The van der Waals surface area contributed by atoms with E-state index in [1.165, 1.54) is 0 Å². The van der Waals surface area contributed by atoms with Gasteiger partial charge in [0, 0.05) is 6.42 Å². The predicted molar refractivity (Wildman–Crippen MR) is 78.2 cm³/mol. The molecule has 0 bridgehead atoms. The van der Waals surface area contributed by atoms with Gasteiger partial charge >= 0.3 is 12.1 Å². The van der Waals surface area contributed by atoms with Crippen molar-refractivity contribution in [1.29, 1.82) is 0 Å². The molecule has 0 unspecified atom stereocenters. The van der Waals surface area contributed by atoms with Gasteiger partial charge in [-0.2, -0.15) is 0 Å². The molecular formula is C13H23N3O7. The number of carboxylic acid groups (broad SMARTS) is 1. The Labute approximate surface area is 133 Å². The number of aliphatic hydroxyl groups excluding tert-OH is 1. The number of ether oxygens (including phenoxy) is 1. The lowest BCUT2D eigenvalue weighted by Crippen LogP contribution is -2.53. The molecule has 0 radical (unpaired) electrons. The number of primary amides is 1. The molecule has 0 heterocycles. The standard InChI is InChI=1S/C13H23N3O7/c1-13(2,3)23-12(22)16-8(6-17)10(19)15-7(11(20)21)4-5-9(14)18/h7-8,17H,4-6H2,1-3H3,(H2,14,18)(H,15,19)(H,16,22)(H,20,21)/t7-,8-/m0/s1. The van der Waals surface area contributed by atoms with Gasteiger partial charge in [-0.1, -0.05) is 0 Å². The summed E-state index contributed by atoms with van der Waals surface area (Å²) in [6.07, 6.45) is -1.38. The van der Waals surface area contributed by atoms with E-state index in [0.717, 1.165) is 0 Å². The zero-order chi connectivity index (χ0) is 18.2. The molecule has 0 aliphatic rings. The van der Waals surface area contributed by atoms with Gasteiger partial charge in [-0.05, 0) is 27.2 Å². The minimum absolute atomic E-state index is 0.207. The number of hydrogen-bond donors (Lipinski definition) is 5. The predicted octanol–water partition coefficient (Wildman–Crippen LogP) is -1.29. The molecule has 0 aromatic rings. The average Bonchev–Trinajstić information content (AvgIpc) is 2.37. The number of aliphatic hydroxyl groups is 1. The quantitative estimate of drug-likeness (QED) is 0.368. The third-order valence-corrected chi connectivity index (χ3v) is 2.48. The molecule has 0 spiro atoms. The molecule has 2 atom stereocenters. The number of carbonyl (C=O) groups is 4. The van der Waals surface area contributed by atoms with E-state index in [-0.39, 0.29) is 12.8 Å². The number of amides is 3. The summed E-state index contributed by atoms with van der Waals surface area (Å²) in [5.74, 6) is -3.00. The van der Waals surface area contributed by atoms with Crippen LogP contribution in [-0.2, 0) is 19.1 Å². The summed E-state index contributed by atoms with van der Waals surface area (Å²) in [5.41, 5.74) is 4.12. The Kier molecular flexibility index (Phi) is 8.02. The van der Waals surface area contributed by atoms with Gasteiger partial charge in [0.2, 0.25) is 11.8 Å². The Hall–Kier alpha value is -2.36. The van der Waals surface area contributed by atoms with Crippen LogP contribution in [0.25, 0.3) is 0 Å². The molecular weight excluding hydrogens is 310 g/mol. The van der Waals surface area contributed by atoms with Crippen LogP contribution in [0.5, 0.6) is 0 Å². The van der Waals surface area contributed by atoms with Gasteiger partial charge in [0.15, 0.2) is 0 Å². The smallest absolute Gasteiger partial charge is 0.408 e. The molecule has 23 heavy (non-hydrogen) atoms. The summed E-state index contributed by atoms with van der Waals surface area (Å²) >= 11 is 0. The van der Waals surface area contributed by atoms with Crippen molar-refractivity contribution in [3.05, 3.63) is 0 Å². The Morgan fingerprint density at radius 1 is 1.13 bits per heavy atom. The summed E-state index contributed by atoms with van der Waals surface area (Å²) in [7, 11) is 0. The number of alkyl carbamates (subject to hydrolysis) is 1. The Morgan fingerprint density at radius 2 is 1.70 bits per heavy atom. The fourth-order valence-corrected chi connectivity index (χ4v) is 1.46. The molecule has 0 aromatic carbocycles. The maximum Gasteiger partial charge on any atom is 0.408 e. The minimum atomic E-state index is -1.39. The third kappa shape index (κ3) is 9.30. The molecule has 10 heteroatoms. The van der Waals surface area contributed by atoms with Crippen LogP contribution in [0.4, 0.5) is 4.79 Å². The van der Waals surface area contributed by atoms with Gasteiger partial charge in [-0.15, -0.1) is 0 Å². The van der Waals surface area contributed by atoms with Gasteiger partial charge in [-0.25, -0.2) is 9.59 Å². The average molecular weight is 333 g/mol. The second-order valence-electron chi connectivity index (χ2n) is 5.79. The van der Waals surface area contributed by atoms with E-state index in [0.29, 0.717) is 0 Å². The van der Waals surface area contributed by atoms with Crippen LogP contribution in [0.15, 0.2) is 0 Å². The maximum atomic E-state index is 11.9. The highest BCUT2D eigenvalue weighted by Crippen LogP contribution is 2.07. The molecule has 0 aliphatic heterocycles. The number of carboxylic acids is 1. The molecule has 10 nitrogen and oxygen atoms in total. The van der Waals surface area contributed by atoms with Crippen molar-refractivity contribution in [2.45, 2.75) is 51.3 Å². The van der Waals surface area contributed by atoms with E-state index in [4.69, 9.17) is 20.7 Å². The second-order valence-corrected chi connectivity index (χ2v) is 5.79. The topological polar surface area (TPSA) is 168 Å². The van der Waals surface area contributed by atoms with Crippen LogP contribution in [0.2, 0.25) is 0 Å². The molecule has 0 aliphatic carbocycles. The van der Waals surface area contributed by atoms with Crippen molar-refractivity contribution in [3.8, 4) is 0 Å². The van der Waals surface area contributed by atoms with Gasteiger partial charge in [0.25, 0.3) is 0 Å². The number of nitrogens with two attached hydrogens (primary N) is 1. The number of aliphatic carboxylic acids is 1. The highest BCUT2D eigenvalue weighted by Gasteiger charge is 2.27. The monoisotopic (exact) mass is 333 g/mol. The molecule has 0 saturated carbocycles. The fourth-order valence-electron chi connectivity index (χ4n) is 1.46. The number of nitrogens with one attached hydrogen (secondary N) is 2. The van der Waals surface area contributed by atoms with Crippen LogP contribution >= 0.6 is 0 Å². The van der Waals surface area contributed by atoms with Gasteiger partial charge in [-0.3, -0.25) is 9.59 Å². The van der Waals surface area contributed by atoms with E-state index in [1.54, 1.807) is 20.8 Å². The Bertz CT molecular complexity index is 459. The maximum absolute atomic E-state index is 11.9. The van der Waals surface area contributed by atoms with Crippen molar-refractivity contribution >= 4 is 23.9 Å². The first kappa shape index (κ1) is 20.6. The molecule has 6 N–H and O–H groups in total. The number of rotatable bonds is 8. The summed E-state index contributed by atoms with van der Waals surface area (Å²) in [6, 6.07) is -2.76. The zero-order valence-corrected chi connectivity index (χ0v) is 13.3. The highest BCUT2D eigenvalue weighted by molar-refractivity contribution is 5.89.